The van der Waals surface area contributed by atoms with E-state index in [9.17, 15) is 4.79 Å². The molecule has 8 heteroatoms. The summed E-state index contributed by atoms with van der Waals surface area (Å²) in [5.41, 5.74) is 7.41. The van der Waals surface area contributed by atoms with Gasteiger partial charge in [-0.1, -0.05) is 30.3 Å². The van der Waals surface area contributed by atoms with Crippen LogP contribution in [0.25, 0.3) is 10.2 Å². The van der Waals surface area contributed by atoms with Crippen LogP contribution in [0.15, 0.2) is 59.5 Å². The average Bonchev–Trinajstić information content (AvgIpc) is 3.09. The summed E-state index contributed by atoms with van der Waals surface area (Å²) in [4.78, 5) is 24.0. The zero-order chi connectivity index (χ0) is 22.5. The highest BCUT2D eigenvalue weighted by Crippen LogP contribution is 2.34. The number of hydrogen-bond donors (Lipinski definition) is 2. The van der Waals surface area contributed by atoms with Crippen molar-refractivity contribution in [2.24, 2.45) is 5.73 Å². The van der Waals surface area contributed by atoms with Gasteiger partial charge in [-0.15, -0.1) is 23.1 Å². The number of nitrogens with two attached hydrogens (primary N) is 1. The third-order valence-electron chi connectivity index (χ3n) is 4.95. The fourth-order valence-electron chi connectivity index (χ4n) is 3.19. The second-order valence-electron chi connectivity index (χ2n) is 7.31. The maximum absolute atomic E-state index is 10.9. The number of primary amides is 1. The fourth-order valence-corrected chi connectivity index (χ4v) is 5.02. The molecular weight excluding hydrogens is 440 g/mol. The number of rotatable bonds is 9. The molecule has 0 bridgehead atoms. The Labute approximate surface area is 195 Å². The maximum Gasteiger partial charge on any atom is 0.255 e. The predicted octanol–water partition coefficient (Wildman–Crippen LogP) is 5.08. The van der Waals surface area contributed by atoms with Gasteiger partial charge in [0.25, 0.3) is 5.91 Å². The van der Waals surface area contributed by atoms with Crippen molar-refractivity contribution < 1.29 is 9.53 Å². The van der Waals surface area contributed by atoms with E-state index in [0.29, 0.717) is 18.0 Å². The molecule has 0 saturated heterocycles. The highest BCUT2D eigenvalue weighted by Gasteiger charge is 2.15. The number of carbonyl (C=O) groups excluding carboxylic acids is 1. The Morgan fingerprint density at radius 2 is 1.84 bits per heavy atom. The van der Waals surface area contributed by atoms with Crippen LogP contribution in [-0.4, -0.2) is 22.5 Å². The second-order valence-corrected chi connectivity index (χ2v) is 9.56. The number of fused-ring (bicyclic) bond motifs is 1. The van der Waals surface area contributed by atoms with Crippen molar-refractivity contribution in [1.82, 2.24) is 9.97 Å². The van der Waals surface area contributed by atoms with Gasteiger partial charge in [-0.3, -0.25) is 4.79 Å². The average molecular weight is 465 g/mol. The van der Waals surface area contributed by atoms with Crippen molar-refractivity contribution in [3.63, 3.8) is 0 Å². The molecule has 0 aliphatic rings. The molecule has 1 amide bonds. The lowest BCUT2D eigenvalue weighted by atomic mass is 10.2. The number of benzene rings is 2. The molecule has 0 aliphatic carbocycles. The van der Waals surface area contributed by atoms with Crippen LogP contribution in [0.1, 0.15) is 21.8 Å². The minimum Gasteiger partial charge on any atom is -0.484 e. The summed E-state index contributed by atoms with van der Waals surface area (Å²) >= 11 is 3.44. The van der Waals surface area contributed by atoms with Gasteiger partial charge in [-0.05, 0) is 49.2 Å². The highest BCUT2D eigenvalue weighted by molar-refractivity contribution is 7.98. The van der Waals surface area contributed by atoms with Gasteiger partial charge in [0, 0.05) is 16.3 Å². The van der Waals surface area contributed by atoms with E-state index in [1.54, 1.807) is 23.1 Å². The molecule has 32 heavy (non-hydrogen) atoms. The van der Waals surface area contributed by atoms with Crippen LogP contribution < -0.4 is 15.8 Å². The first-order valence-electron chi connectivity index (χ1n) is 10.2. The van der Waals surface area contributed by atoms with Gasteiger partial charge in [-0.25, -0.2) is 9.97 Å². The summed E-state index contributed by atoms with van der Waals surface area (Å²) in [6, 6.07) is 17.9. The highest BCUT2D eigenvalue weighted by atomic mass is 32.2. The number of anilines is 1. The number of thioether (sulfide) groups is 1. The molecule has 2 heterocycles. The number of thiophene rings is 1. The van der Waals surface area contributed by atoms with Crippen LogP contribution in [0.4, 0.5) is 5.82 Å². The van der Waals surface area contributed by atoms with Gasteiger partial charge < -0.3 is 15.8 Å². The zero-order valence-electron chi connectivity index (χ0n) is 17.9. The molecule has 2 aromatic heterocycles. The summed E-state index contributed by atoms with van der Waals surface area (Å²) in [5, 5.41) is 4.58. The standard InChI is InChI=1S/C24H24N4O2S2/c1-15-16(2)32-24-22(15)23(27-21(28-24)14-31-19-6-4-3-5-7-19)26-12-17-8-10-18(11-9-17)30-13-20(25)29/h3-11H,12-14H2,1-2H3,(H2,25,29)(H,26,27,28). The van der Waals surface area contributed by atoms with Crippen molar-refractivity contribution in [2.45, 2.75) is 31.0 Å². The monoisotopic (exact) mass is 464 g/mol. The van der Waals surface area contributed by atoms with Gasteiger partial charge in [0.1, 0.15) is 22.2 Å². The summed E-state index contributed by atoms with van der Waals surface area (Å²) in [6.45, 7) is 4.72. The Hall–Kier alpha value is -3.10. The van der Waals surface area contributed by atoms with Gasteiger partial charge in [0.05, 0.1) is 11.1 Å². The van der Waals surface area contributed by atoms with Crippen LogP contribution >= 0.6 is 23.1 Å². The molecule has 3 N–H and O–H groups in total. The van der Waals surface area contributed by atoms with E-state index >= 15 is 0 Å². The number of carbonyl (C=O) groups is 1. The molecule has 0 aliphatic heterocycles. The van der Waals surface area contributed by atoms with E-state index in [4.69, 9.17) is 20.4 Å². The molecule has 0 atom stereocenters. The molecule has 2 aromatic carbocycles. The second kappa shape index (κ2) is 10.0. The van der Waals surface area contributed by atoms with Crippen molar-refractivity contribution in [3.05, 3.63) is 76.4 Å². The van der Waals surface area contributed by atoms with Gasteiger partial charge in [-0.2, -0.15) is 0 Å². The smallest absolute Gasteiger partial charge is 0.255 e. The topological polar surface area (TPSA) is 90.1 Å². The number of hydrogen-bond acceptors (Lipinski definition) is 7. The summed E-state index contributed by atoms with van der Waals surface area (Å²) in [7, 11) is 0. The first-order chi connectivity index (χ1) is 15.5. The summed E-state index contributed by atoms with van der Waals surface area (Å²) < 4.78 is 5.32. The normalized spacial score (nSPS) is 10.9. The van der Waals surface area contributed by atoms with Crippen LogP contribution in [0.2, 0.25) is 0 Å². The number of amides is 1. The number of aromatic nitrogens is 2. The largest absolute Gasteiger partial charge is 0.484 e. The molecule has 0 radical (unpaired) electrons. The Balaban J connectivity index is 1.52. The molecule has 4 rings (SSSR count). The summed E-state index contributed by atoms with van der Waals surface area (Å²) in [5.74, 6) is 2.49. The predicted molar refractivity (Wildman–Crippen MR) is 131 cm³/mol. The third-order valence-corrected chi connectivity index (χ3v) is 7.06. The van der Waals surface area contributed by atoms with Gasteiger partial charge >= 0.3 is 0 Å². The van der Waals surface area contributed by atoms with E-state index in [2.05, 4.69) is 31.3 Å². The Morgan fingerprint density at radius 3 is 2.56 bits per heavy atom. The minimum absolute atomic E-state index is 0.128. The molecule has 0 unspecified atom stereocenters. The lowest BCUT2D eigenvalue weighted by Crippen LogP contribution is -2.19. The van der Waals surface area contributed by atoms with Crippen molar-refractivity contribution >= 4 is 45.0 Å². The van der Waals surface area contributed by atoms with Crippen LogP contribution in [-0.2, 0) is 17.1 Å². The number of ether oxygens (including phenoxy) is 1. The Morgan fingerprint density at radius 1 is 1.09 bits per heavy atom. The van der Waals surface area contributed by atoms with Crippen LogP contribution in [0.3, 0.4) is 0 Å². The molecule has 0 saturated carbocycles. The Bertz CT molecular complexity index is 1220. The van der Waals surface area contributed by atoms with Crippen molar-refractivity contribution in [1.29, 1.82) is 0 Å². The first kappa shape index (κ1) is 22.1. The van der Waals surface area contributed by atoms with Crippen molar-refractivity contribution in [2.75, 3.05) is 11.9 Å². The number of nitrogens with zero attached hydrogens (tertiary/aromatic N) is 2. The van der Waals surface area contributed by atoms with E-state index in [-0.39, 0.29) is 6.61 Å². The third kappa shape index (κ3) is 5.38. The number of nitrogens with one attached hydrogen (secondary N) is 1. The fraction of sp³-hybridized carbons (Fsp3) is 0.208. The quantitative estimate of drug-likeness (QED) is 0.336. The van der Waals surface area contributed by atoms with Crippen molar-refractivity contribution in [3.8, 4) is 5.75 Å². The lowest BCUT2D eigenvalue weighted by Gasteiger charge is -2.11. The Kier molecular flexibility index (Phi) is 6.92. The summed E-state index contributed by atoms with van der Waals surface area (Å²) in [6.07, 6.45) is 0. The minimum atomic E-state index is -0.494. The maximum atomic E-state index is 10.9. The van der Waals surface area contributed by atoms with Gasteiger partial charge in [0.15, 0.2) is 6.61 Å². The SMILES string of the molecule is Cc1sc2nc(CSc3ccccc3)nc(NCc3ccc(OCC(N)=O)cc3)c2c1C. The molecule has 0 spiro atoms. The van der Waals surface area contributed by atoms with E-state index < -0.39 is 5.91 Å². The lowest BCUT2D eigenvalue weighted by molar-refractivity contribution is -0.119. The van der Waals surface area contributed by atoms with Crippen LogP contribution in [0, 0.1) is 13.8 Å². The zero-order valence-corrected chi connectivity index (χ0v) is 19.6. The molecule has 4 aromatic rings. The van der Waals surface area contributed by atoms with E-state index in [1.165, 1.54) is 15.3 Å². The van der Waals surface area contributed by atoms with Gasteiger partial charge in [0.2, 0.25) is 0 Å². The first-order valence-corrected chi connectivity index (χ1v) is 12.0. The van der Waals surface area contributed by atoms with E-state index in [0.717, 1.165) is 27.4 Å². The molecule has 164 valence electrons. The van der Waals surface area contributed by atoms with Crippen LogP contribution in [0.5, 0.6) is 5.75 Å². The number of aryl methyl sites for hydroxylation is 2. The molecule has 6 nitrogen and oxygen atoms in total. The van der Waals surface area contributed by atoms with E-state index in [1.807, 2.05) is 42.5 Å². The molecule has 0 fully saturated rings. The molecular formula is C24H24N4O2S2.